The highest BCUT2D eigenvalue weighted by Crippen LogP contribution is 2.16. The van der Waals surface area contributed by atoms with E-state index in [1.165, 1.54) is 0 Å². The van der Waals surface area contributed by atoms with E-state index in [0.29, 0.717) is 30.5 Å². The van der Waals surface area contributed by atoms with Gasteiger partial charge >= 0.3 is 0 Å². The average molecular weight is 427 g/mol. The fourth-order valence-electron chi connectivity index (χ4n) is 3.09. The largest absolute Gasteiger partial charge is 0.478 e. The molecule has 1 heterocycles. The van der Waals surface area contributed by atoms with E-state index in [1.54, 1.807) is 13.0 Å². The summed E-state index contributed by atoms with van der Waals surface area (Å²) in [5.41, 5.74) is 1.33. The summed E-state index contributed by atoms with van der Waals surface area (Å²) in [6, 6.07) is 12.0. The van der Waals surface area contributed by atoms with Gasteiger partial charge in [0.05, 0.1) is 12.1 Å². The molecule has 1 aromatic carbocycles. The van der Waals surface area contributed by atoms with Crippen molar-refractivity contribution in [2.45, 2.75) is 59.3 Å². The molecule has 0 saturated heterocycles. The molecule has 4 nitrogen and oxygen atoms in total. The zero-order chi connectivity index (χ0) is 22.5. The molecule has 0 saturated carbocycles. The zero-order valence-electron chi connectivity index (χ0n) is 19.0. The third kappa shape index (κ3) is 9.33. The Hall–Kier alpha value is -2.69. The molecule has 0 aliphatic rings. The van der Waals surface area contributed by atoms with Crippen LogP contribution in [0.3, 0.4) is 0 Å². The van der Waals surface area contributed by atoms with Gasteiger partial charge in [0.2, 0.25) is 5.88 Å². The molecular formula is C26H35FN2O2. The van der Waals surface area contributed by atoms with Crippen molar-refractivity contribution in [2.75, 3.05) is 13.2 Å². The number of amides is 1. The number of nitrogens with zero attached hydrogens (tertiary/aromatic N) is 1. The fourth-order valence-corrected chi connectivity index (χ4v) is 3.09. The number of fused-ring (bicyclic) bond motifs is 1. The minimum Gasteiger partial charge on any atom is -0.478 e. The van der Waals surface area contributed by atoms with Crippen LogP contribution in [0.5, 0.6) is 5.88 Å². The normalized spacial score (nSPS) is 12.4. The van der Waals surface area contributed by atoms with E-state index in [9.17, 15) is 9.18 Å². The number of rotatable bonds is 13. The first-order valence-corrected chi connectivity index (χ1v) is 11.3. The summed E-state index contributed by atoms with van der Waals surface area (Å²) in [5, 5.41) is 3.71. The first-order valence-electron chi connectivity index (χ1n) is 11.3. The number of unbranched alkanes of at least 4 members (excludes halogenated alkanes) is 5. The van der Waals surface area contributed by atoms with E-state index < -0.39 is 11.7 Å². The maximum Gasteiger partial charge on any atom is 0.280 e. The van der Waals surface area contributed by atoms with Crippen molar-refractivity contribution in [3.63, 3.8) is 0 Å². The van der Waals surface area contributed by atoms with Crippen LogP contribution in [-0.2, 0) is 4.79 Å². The number of halogens is 1. The summed E-state index contributed by atoms with van der Waals surface area (Å²) in [4.78, 5) is 16.2. The lowest BCUT2D eigenvalue weighted by molar-refractivity contribution is -0.119. The van der Waals surface area contributed by atoms with Crippen LogP contribution in [0.25, 0.3) is 10.9 Å². The maximum atomic E-state index is 14.0. The van der Waals surface area contributed by atoms with Crippen molar-refractivity contribution >= 4 is 16.8 Å². The number of nitrogens with one attached hydrogen (secondary N) is 1. The highest BCUT2D eigenvalue weighted by Gasteiger charge is 2.10. The lowest BCUT2D eigenvalue weighted by atomic mass is 10.1. The smallest absolute Gasteiger partial charge is 0.280 e. The van der Waals surface area contributed by atoms with Crippen LogP contribution in [-0.4, -0.2) is 24.0 Å². The second kappa shape index (κ2) is 13.6. The van der Waals surface area contributed by atoms with Crippen molar-refractivity contribution in [3.8, 4) is 5.88 Å². The van der Waals surface area contributed by atoms with Gasteiger partial charge in [0, 0.05) is 18.0 Å². The Morgan fingerprint density at radius 1 is 1.10 bits per heavy atom. The molecule has 0 fully saturated rings. The Morgan fingerprint density at radius 2 is 1.84 bits per heavy atom. The van der Waals surface area contributed by atoms with E-state index in [0.717, 1.165) is 49.4 Å². The minimum atomic E-state index is -0.696. The second-order valence-electron chi connectivity index (χ2n) is 8.25. The molecule has 1 amide bonds. The molecule has 168 valence electrons. The number of allylic oxidation sites excluding steroid dienone is 3. The van der Waals surface area contributed by atoms with Gasteiger partial charge < -0.3 is 10.1 Å². The van der Waals surface area contributed by atoms with Crippen LogP contribution in [0.15, 0.2) is 60.0 Å². The molecule has 0 bridgehead atoms. The topological polar surface area (TPSA) is 51.2 Å². The number of para-hydroxylation sites is 1. The second-order valence-corrected chi connectivity index (χ2v) is 8.25. The zero-order valence-corrected chi connectivity index (χ0v) is 19.0. The van der Waals surface area contributed by atoms with Crippen LogP contribution in [0, 0.1) is 5.92 Å². The Labute approximate surface area is 185 Å². The summed E-state index contributed by atoms with van der Waals surface area (Å²) in [6.07, 6.45) is 9.97. The number of carbonyl (C=O) groups excluding carboxylic acids is 1. The Morgan fingerprint density at radius 3 is 2.65 bits per heavy atom. The highest BCUT2D eigenvalue weighted by molar-refractivity contribution is 5.92. The number of carbonyl (C=O) groups is 1. The monoisotopic (exact) mass is 426 g/mol. The SMILES string of the molecule is CC(C=CCCCCCCCOc1ccc2ccccc2n1)=C(F)C(=O)NCC(C)C. The van der Waals surface area contributed by atoms with E-state index in [-0.39, 0.29) is 0 Å². The summed E-state index contributed by atoms with van der Waals surface area (Å²) in [6.45, 7) is 6.74. The number of pyridine rings is 1. The third-order valence-corrected chi connectivity index (χ3v) is 4.92. The Balaban J connectivity index is 1.54. The first kappa shape index (κ1) is 24.6. The van der Waals surface area contributed by atoms with Crippen molar-refractivity contribution in [1.29, 1.82) is 0 Å². The fraction of sp³-hybridized carbons (Fsp3) is 0.462. The molecule has 1 aromatic heterocycles. The van der Waals surface area contributed by atoms with E-state index in [4.69, 9.17) is 4.74 Å². The third-order valence-electron chi connectivity index (χ3n) is 4.92. The Bertz CT molecular complexity index is 890. The van der Waals surface area contributed by atoms with Gasteiger partial charge in [-0.15, -0.1) is 0 Å². The van der Waals surface area contributed by atoms with Gasteiger partial charge in [0.25, 0.3) is 5.91 Å². The van der Waals surface area contributed by atoms with Crippen LogP contribution >= 0.6 is 0 Å². The molecule has 0 spiro atoms. The molecule has 1 N–H and O–H groups in total. The highest BCUT2D eigenvalue weighted by atomic mass is 19.1. The lowest BCUT2D eigenvalue weighted by Gasteiger charge is -2.07. The number of benzene rings is 1. The molecule has 0 aliphatic heterocycles. The molecule has 0 unspecified atom stereocenters. The molecule has 2 rings (SSSR count). The molecule has 0 atom stereocenters. The lowest BCUT2D eigenvalue weighted by Crippen LogP contribution is -2.27. The molecule has 2 aromatic rings. The summed E-state index contributed by atoms with van der Waals surface area (Å²) in [5.74, 6) is -0.346. The van der Waals surface area contributed by atoms with Gasteiger partial charge in [-0.25, -0.2) is 9.37 Å². The minimum absolute atomic E-state index is 0.300. The molecular weight excluding hydrogens is 391 g/mol. The molecule has 0 aliphatic carbocycles. The van der Waals surface area contributed by atoms with Gasteiger partial charge in [-0.1, -0.05) is 63.5 Å². The average Bonchev–Trinajstić information content (AvgIpc) is 2.77. The van der Waals surface area contributed by atoms with Crippen LogP contribution in [0.4, 0.5) is 4.39 Å². The van der Waals surface area contributed by atoms with Gasteiger partial charge in [-0.2, -0.15) is 0 Å². The van der Waals surface area contributed by atoms with Crippen molar-refractivity contribution in [2.24, 2.45) is 5.92 Å². The quantitative estimate of drug-likeness (QED) is 0.225. The van der Waals surface area contributed by atoms with Crippen molar-refractivity contribution in [1.82, 2.24) is 10.3 Å². The molecule has 31 heavy (non-hydrogen) atoms. The van der Waals surface area contributed by atoms with Crippen LogP contribution in [0.2, 0.25) is 0 Å². The standard InChI is InChI=1S/C26H35FN2O2/c1-20(2)19-28-26(30)25(27)21(3)13-9-7-5-4-6-8-12-18-31-24-17-16-22-14-10-11-15-23(22)29-24/h9-11,13-17,20H,4-8,12,18-19H2,1-3H3,(H,28,30). The van der Waals surface area contributed by atoms with Crippen molar-refractivity contribution < 1.29 is 13.9 Å². The number of aromatic nitrogens is 1. The Kier molecular flexibility index (Phi) is 10.8. The molecule has 5 heteroatoms. The maximum absolute atomic E-state index is 14.0. The first-order chi connectivity index (χ1) is 15.0. The van der Waals surface area contributed by atoms with Crippen molar-refractivity contribution in [3.05, 3.63) is 60.0 Å². The number of hydrogen-bond donors (Lipinski definition) is 1. The van der Waals surface area contributed by atoms with E-state index >= 15 is 0 Å². The predicted molar refractivity (Wildman–Crippen MR) is 126 cm³/mol. The van der Waals surface area contributed by atoms with Gasteiger partial charge in [-0.3, -0.25) is 4.79 Å². The van der Waals surface area contributed by atoms with E-state index in [2.05, 4.69) is 10.3 Å². The summed E-state index contributed by atoms with van der Waals surface area (Å²) >= 11 is 0. The summed E-state index contributed by atoms with van der Waals surface area (Å²) < 4.78 is 19.8. The summed E-state index contributed by atoms with van der Waals surface area (Å²) in [7, 11) is 0. The van der Waals surface area contributed by atoms with Crippen LogP contribution < -0.4 is 10.1 Å². The number of ether oxygens (including phenoxy) is 1. The van der Waals surface area contributed by atoms with E-state index in [1.807, 2.05) is 56.3 Å². The van der Waals surface area contributed by atoms with Gasteiger partial charge in [0.1, 0.15) is 0 Å². The van der Waals surface area contributed by atoms with Gasteiger partial charge in [-0.05, 0) is 49.8 Å². The van der Waals surface area contributed by atoms with Gasteiger partial charge in [0.15, 0.2) is 5.83 Å². The van der Waals surface area contributed by atoms with Crippen LogP contribution in [0.1, 0.15) is 59.3 Å². The molecule has 0 radical (unpaired) electrons. The predicted octanol–water partition coefficient (Wildman–Crippen LogP) is 6.53. The number of hydrogen-bond acceptors (Lipinski definition) is 3.